The molecule has 0 unspecified atom stereocenters. The molecule has 2 N–H and O–H groups in total. The lowest BCUT2D eigenvalue weighted by atomic mass is 10.2. The Morgan fingerprint density at radius 3 is 2.79 bits per heavy atom. The first-order valence-corrected chi connectivity index (χ1v) is 5.87. The molecule has 0 aliphatic carbocycles. The van der Waals surface area contributed by atoms with Crippen molar-refractivity contribution in [3.05, 3.63) is 53.0 Å². The molecule has 4 rings (SSSR count). The zero-order valence-electron chi connectivity index (χ0n) is 9.81. The molecule has 0 amide bonds. The van der Waals surface area contributed by atoms with Gasteiger partial charge in [0.2, 0.25) is 0 Å². The lowest BCUT2D eigenvalue weighted by Gasteiger charge is -1.96. The van der Waals surface area contributed by atoms with E-state index in [4.69, 9.17) is 4.42 Å². The molecular formula is C14H9N3O2. The summed E-state index contributed by atoms with van der Waals surface area (Å²) in [6.45, 7) is 0. The number of hydrogen-bond acceptors (Lipinski definition) is 3. The number of para-hydroxylation sites is 1. The minimum Gasteiger partial charge on any atom is -0.461 e. The average Bonchev–Trinajstić information content (AvgIpc) is 3.06. The summed E-state index contributed by atoms with van der Waals surface area (Å²) in [5.74, 6) is 0.983. The van der Waals surface area contributed by atoms with Crippen LogP contribution in [0.15, 0.2) is 51.9 Å². The van der Waals surface area contributed by atoms with Crippen LogP contribution in [0, 0.1) is 0 Å². The molecule has 0 saturated carbocycles. The van der Waals surface area contributed by atoms with E-state index in [2.05, 4.69) is 15.0 Å². The summed E-state index contributed by atoms with van der Waals surface area (Å²) in [6.07, 6.45) is 1.55. The Labute approximate surface area is 106 Å². The van der Waals surface area contributed by atoms with Crippen LogP contribution in [0.25, 0.3) is 33.5 Å². The van der Waals surface area contributed by atoms with E-state index >= 15 is 0 Å². The van der Waals surface area contributed by atoms with Gasteiger partial charge in [-0.25, -0.2) is 4.98 Å². The fraction of sp³-hybridized carbons (Fsp3) is 0. The van der Waals surface area contributed by atoms with E-state index in [0.29, 0.717) is 22.6 Å². The average molecular weight is 251 g/mol. The number of rotatable bonds is 1. The zero-order chi connectivity index (χ0) is 12.8. The van der Waals surface area contributed by atoms with Gasteiger partial charge in [-0.3, -0.25) is 4.79 Å². The maximum Gasteiger partial charge on any atom is 0.275 e. The first-order valence-electron chi connectivity index (χ1n) is 5.87. The molecule has 0 radical (unpaired) electrons. The van der Waals surface area contributed by atoms with Gasteiger partial charge in [0.05, 0.1) is 6.26 Å². The van der Waals surface area contributed by atoms with Gasteiger partial charge in [-0.1, -0.05) is 18.2 Å². The third-order valence-electron chi connectivity index (χ3n) is 3.12. The minimum absolute atomic E-state index is 0.201. The van der Waals surface area contributed by atoms with Gasteiger partial charge in [-0.2, -0.15) is 0 Å². The van der Waals surface area contributed by atoms with Crippen LogP contribution in [0.5, 0.6) is 0 Å². The van der Waals surface area contributed by atoms with Gasteiger partial charge in [0.1, 0.15) is 11.0 Å². The van der Waals surface area contributed by atoms with Crippen molar-refractivity contribution in [3.8, 4) is 11.6 Å². The maximum atomic E-state index is 12.1. The van der Waals surface area contributed by atoms with E-state index in [9.17, 15) is 4.79 Å². The third kappa shape index (κ3) is 1.41. The Kier molecular flexibility index (Phi) is 1.91. The summed E-state index contributed by atoms with van der Waals surface area (Å²) in [5.41, 5.74) is 1.84. The van der Waals surface area contributed by atoms with Crippen molar-refractivity contribution in [3.63, 3.8) is 0 Å². The summed E-state index contributed by atoms with van der Waals surface area (Å²) in [6, 6.07) is 11.2. The van der Waals surface area contributed by atoms with Crippen molar-refractivity contribution in [1.29, 1.82) is 0 Å². The number of aromatic amines is 2. The molecule has 0 bridgehead atoms. The fourth-order valence-electron chi connectivity index (χ4n) is 2.25. The van der Waals surface area contributed by atoms with Crippen LogP contribution in [0.3, 0.4) is 0 Å². The molecular weight excluding hydrogens is 242 g/mol. The molecule has 19 heavy (non-hydrogen) atoms. The van der Waals surface area contributed by atoms with Gasteiger partial charge in [0, 0.05) is 10.9 Å². The Morgan fingerprint density at radius 2 is 1.95 bits per heavy atom. The van der Waals surface area contributed by atoms with Crippen molar-refractivity contribution < 1.29 is 4.42 Å². The van der Waals surface area contributed by atoms with Crippen molar-refractivity contribution >= 4 is 21.9 Å². The third-order valence-corrected chi connectivity index (χ3v) is 3.12. The molecule has 0 aliphatic rings. The lowest BCUT2D eigenvalue weighted by molar-refractivity contribution is 0.577. The Balaban J connectivity index is 2.15. The second-order valence-corrected chi connectivity index (χ2v) is 4.29. The Hall–Kier alpha value is -2.82. The molecule has 0 atom stereocenters. The number of nitrogens with one attached hydrogen (secondary N) is 2. The number of nitrogens with zero attached hydrogens (tertiary/aromatic N) is 1. The highest BCUT2D eigenvalue weighted by atomic mass is 16.3. The van der Waals surface area contributed by atoms with E-state index in [1.807, 2.05) is 24.3 Å². The topological polar surface area (TPSA) is 74.7 Å². The monoisotopic (exact) mass is 251 g/mol. The first kappa shape index (κ1) is 10.1. The van der Waals surface area contributed by atoms with E-state index in [1.165, 1.54) is 0 Å². The molecule has 4 aromatic rings. The molecule has 1 aromatic carbocycles. The number of furan rings is 1. The predicted molar refractivity (Wildman–Crippen MR) is 71.9 cm³/mol. The fourth-order valence-corrected chi connectivity index (χ4v) is 2.25. The molecule has 0 saturated heterocycles. The second kappa shape index (κ2) is 3.58. The standard InChI is InChI=1S/C14H9N3O2/c18-14-12-11(8-4-1-2-5-9(8)15-12)16-13(17-14)10-6-3-7-19-10/h1-7,15H,(H,16,17,18). The van der Waals surface area contributed by atoms with Crippen LogP contribution in [-0.4, -0.2) is 15.0 Å². The van der Waals surface area contributed by atoms with Crippen molar-refractivity contribution in [2.24, 2.45) is 0 Å². The van der Waals surface area contributed by atoms with Crippen LogP contribution in [0.2, 0.25) is 0 Å². The summed E-state index contributed by atoms with van der Waals surface area (Å²) >= 11 is 0. The van der Waals surface area contributed by atoms with Crippen LogP contribution >= 0.6 is 0 Å². The van der Waals surface area contributed by atoms with Crippen molar-refractivity contribution in [1.82, 2.24) is 15.0 Å². The second-order valence-electron chi connectivity index (χ2n) is 4.29. The van der Waals surface area contributed by atoms with Gasteiger partial charge in [0.25, 0.3) is 5.56 Å². The van der Waals surface area contributed by atoms with Crippen LogP contribution in [0.4, 0.5) is 0 Å². The van der Waals surface area contributed by atoms with E-state index in [-0.39, 0.29) is 5.56 Å². The summed E-state index contributed by atoms with van der Waals surface area (Å²) < 4.78 is 5.27. The van der Waals surface area contributed by atoms with Gasteiger partial charge in [0.15, 0.2) is 11.6 Å². The molecule has 5 nitrogen and oxygen atoms in total. The first-order chi connectivity index (χ1) is 9.33. The lowest BCUT2D eigenvalue weighted by Crippen LogP contribution is -2.08. The smallest absolute Gasteiger partial charge is 0.275 e. The predicted octanol–water partition coefficient (Wildman–Crippen LogP) is 2.66. The highest BCUT2D eigenvalue weighted by Gasteiger charge is 2.12. The highest BCUT2D eigenvalue weighted by molar-refractivity contribution is 6.04. The normalized spacial score (nSPS) is 11.4. The number of H-pyrrole nitrogens is 2. The zero-order valence-corrected chi connectivity index (χ0v) is 9.81. The number of fused-ring (bicyclic) bond motifs is 3. The number of aromatic nitrogens is 3. The minimum atomic E-state index is -0.201. The summed E-state index contributed by atoms with van der Waals surface area (Å²) in [4.78, 5) is 22.4. The van der Waals surface area contributed by atoms with Crippen molar-refractivity contribution in [2.45, 2.75) is 0 Å². The summed E-state index contributed by atoms with van der Waals surface area (Å²) in [5, 5.41) is 0.927. The van der Waals surface area contributed by atoms with Crippen LogP contribution < -0.4 is 5.56 Å². The molecule has 0 fully saturated rings. The Bertz CT molecular complexity index is 932. The van der Waals surface area contributed by atoms with Gasteiger partial charge >= 0.3 is 0 Å². The van der Waals surface area contributed by atoms with E-state index in [1.54, 1.807) is 18.4 Å². The number of benzene rings is 1. The molecule has 3 heterocycles. The van der Waals surface area contributed by atoms with Gasteiger partial charge < -0.3 is 14.4 Å². The molecule has 0 aliphatic heterocycles. The van der Waals surface area contributed by atoms with E-state index in [0.717, 1.165) is 10.9 Å². The largest absolute Gasteiger partial charge is 0.461 e. The SMILES string of the molecule is O=c1[nH]c(-c2ccco2)nc2c1[nH]c1ccccc12. The van der Waals surface area contributed by atoms with E-state index < -0.39 is 0 Å². The molecule has 92 valence electrons. The molecule has 5 heteroatoms. The van der Waals surface area contributed by atoms with Crippen molar-refractivity contribution in [2.75, 3.05) is 0 Å². The van der Waals surface area contributed by atoms with Gasteiger partial charge in [-0.15, -0.1) is 0 Å². The summed E-state index contributed by atoms with van der Waals surface area (Å²) in [7, 11) is 0. The number of hydrogen-bond donors (Lipinski definition) is 2. The molecule has 0 spiro atoms. The molecule has 3 aromatic heterocycles. The van der Waals surface area contributed by atoms with Gasteiger partial charge in [-0.05, 0) is 18.2 Å². The Morgan fingerprint density at radius 1 is 1.05 bits per heavy atom. The highest BCUT2D eigenvalue weighted by Crippen LogP contribution is 2.23. The maximum absolute atomic E-state index is 12.1. The van der Waals surface area contributed by atoms with Crippen LogP contribution in [-0.2, 0) is 0 Å². The van der Waals surface area contributed by atoms with Crippen LogP contribution in [0.1, 0.15) is 0 Å². The quantitative estimate of drug-likeness (QED) is 0.546.